The van der Waals surface area contributed by atoms with Gasteiger partial charge in [-0.1, -0.05) is 47.0 Å². The van der Waals surface area contributed by atoms with Gasteiger partial charge in [-0.15, -0.1) is 0 Å². The van der Waals surface area contributed by atoms with Crippen LogP contribution in [0, 0.1) is 30.6 Å². The summed E-state index contributed by atoms with van der Waals surface area (Å²) in [7, 11) is 0. The Morgan fingerprint density at radius 2 is 1.65 bits per heavy atom. The number of hydrogen-bond acceptors (Lipinski definition) is 6. The van der Waals surface area contributed by atoms with Crippen LogP contribution in [0.5, 0.6) is 0 Å². The number of amides is 2. The van der Waals surface area contributed by atoms with Crippen LogP contribution in [-0.4, -0.2) is 34.7 Å². The molecule has 0 radical (unpaired) electrons. The number of imide groups is 1. The molecule has 2 bridgehead atoms. The third-order valence-corrected chi connectivity index (χ3v) is 11.1. The van der Waals surface area contributed by atoms with E-state index in [2.05, 4.69) is 22.0 Å². The molecule has 5 unspecified atom stereocenters. The fourth-order valence-corrected chi connectivity index (χ4v) is 8.01. The van der Waals surface area contributed by atoms with E-state index in [9.17, 15) is 19.2 Å². The van der Waals surface area contributed by atoms with Crippen LogP contribution in [0.4, 0.5) is 5.69 Å². The van der Waals surface area contributed by atoms with Gasteiger partial charge in [-0.3, -0.25) is 19.3 Å². The van der Waals surface area contributed by atoms with Gasteiger partial charge in [0.1, 0.15) is 0 Å². The number of anilines is 1. The van der Waals surface area contributed by atoms with E-state index in [-0.39, 0.29) is 46.8 Å². The van der Waals surface area contributed by atoms with Gasteiger partial charge in [0.15, 0.2) is 6.10 Å². The molecule has 4 aromatic rings. The molecule has 5 atom stereocenters. The highest BCUT2D eigenvalue weighted by Gasteiger charge is 2.60. The second kappa shape index (κ2) is 11.4. The summed E-state index contributed by atoms with van der Waals surface area (Å²) in [6, 6.07) is 16.7. The van der Waals surface area contributed by atoms with Crippen molar-refractivity contribution in [2.75, 3.05) is 4.90 Å². The van der Waals surface area contributed by atoms with E-state index in [1.165, 1.54) is 17.4 Å². The number of fused-ring (bicyclic) bond motifs is 6. The van der Waals surface area contributed by atoms with Gasteiger partial charge in [0.2, 0.25) is 17.6 Å². The minimum Gasteiger partial charge on any atom is -0.451 e. The van der Waals surface area contributed by atoms with Crippen molar-refractivity contribution in [2.24, 2.45) is 23.7 Å². The molecular weight excluding hydrogens is 691 g/mol. The summed E-state index contributed by atoms with van der Waals surface area (Å²) >= 11 is 16.0. The number of aryl methyl sites for hydroxylation is 1. The van der Waals surface area contributed by atoms with Gasteiger partial charge in [0.25, 0.3) is 0 Å². The number of Topliss-reactive ketones (excluding diaryl/α,β-unsaturated/α-hetero) is 1. The van der Waals surface area contributed by atoms with E-state index in [0.717, 1.165) is 6.42 Å². The van der Waals surface area contributed by atoms with E-state index in [1.54, 1.807) is 60.7 Å². The molecule has 7 rings (SSSR count). The summed E-state index contributed by atoms with van der Waals surface area (Å²) in [4.78, 5) is 59.7. The Balaban J connectivity index is 1.22. The van der Waals surface area contributed by atoms with Gasteiger partial charge < -0.3 is 4.74 Å². The zero-order valence-corrected chi connectivity index (χ0v) is 28.1. The number of benzene rings is 3. The van der Waals surface area contributed by atoms with Crippen molar-refractivity contribution in [3.05, 3.63) is 104 Å². The van der Waals surface area contributed by atoms with Crippen molar-refractivity contribution in [2.45, 2.75) is 33.3 Å². The number of carbonyl (C=O) groups excluding carboxylic acids is 4. The number of rotatable bonds is 6. The standard InChI is InChI=1S/C36H27BrCl2N2O5/c1-16-12-21-13-24(16)30-29(21)34(43)41(35(30)44)23-10-6-19(7-11-23)28-15-26(25-14-27(37)31(39)17(2)32(25)40-28)36(45)46-18(3)33(42)20-4-8-22(38)9-5-20/h4-12,14-15,18,21,24,29-30H,13H2,1-3H3. The molecule has 1 saturated carbocycles. The average Bonchev–Trinajstić information content (AvgIpc) is 3.69. The molecule has 46 heavy (non-hydrogen) atoms. The van der Waals surface area contributed by atoms with Gasteiger partial charge in [0.05, 0.1) is 39.3 Å². The summed E-state index contributed by atoms with van der Waals surface area (Å²) in [5.74, 6) is -1.69. The lowest BCUT2D eigenvalue weighted by atomic mass is 9.82. The number of nitrogens with zero attached hydrogens (tertiary/aromatic N) is 2. The van der Waals surface area contributed by atoms with Crippen LogP contribution in [0.3, 0.4) is 0 Å². The molecular formula is C36H27BrCl2N2O5. The fourth-order valence-electron chi connectivity index (χ4n) is 7.21. The maximum absolute atomic E-state index is 13.7. The number of halogens is 3. The molecule has 0 N–H and O–H groups in total. The van der Waals surface area contributed by atoms with Crippen LogP contribution < -0.4 is 4.90 Å². The molecule has 1 aromatic heterocycles. The van der Waals surface area contributed by atoms with E-state index in [4.69, 9.17) is 32.9 Å². The zero-order chi connectivity index (χ0) is 32.6. The zero-order valence-electron chi connectivity index (χ0n) is 25.0. The highest BCUT2D eigenvalue weighted by molar-refractivity contribution is 9.10. The number of ketones is 1. The van der Waals surface area contributed by atoms with Gasteiger partial charge >= 0.3 is 5.97 Å². The predicted molar refractivity (Wildman–Crippen MR) is 180 cm³/mol. The van der Waals surface area contributed by atoms with Crippen LogP contribution in [0.15, 0.2) is 76.8 Å². The van der Waals surface area contributed by atoms with Crippen molar-refractivity contribution in [3.63, 3.8) is 0 Å². The van der Waals surface area contributed by atoms with Gasteiger partial charge in [0, 0.05) is 26.0 Å². The molecule has 2 fully saturated rings. The molecule has 232 valence electrons. The van der Waals surface area contributed by atoms with Crippen LogP contribution in [0.1, 0.15) is 46.5 Å². The first-order valence-electron chi connectivity index (χ1n) is 14.9. The predicted octanol–water partition coefficient (Wildman–Crippen LogP) is 8.41. The quantitative estimate of drug-likeness (QED) is 0.0861. The summed E-state index contributed by atoms with van der Waals surface area (Å²) in [6.45, 7) is 5.37. The van der Waals surface area contributed by atoms with E-state index >= 15 is 0 Å². The Kier molecular flexibility index (Phi) is 7.66. The van der Waals surface area contributed by atoms with Crippen molar-refractivity contribution >= 4 is 79.3 Å². The molecule has 2 heterocycles. The summed E-state index contributed by atoms with van der Waals surface area (Å²) in [6.07, 6.45) is 1.96. The number of aromatic nitrogens is 1. The van der Waals surface area contributed by atoms with Crippen molar-refractivity contribution < 1.29 is 23.9 Å². The second-order valence-electron chi connectivity index (χ2n) is 12.2. The maximum Gasteiger partial charge on any atom is 0.339 e. The first-order chi connectivity index (χ1) is 21.9. The minimum atomic E-state index is -1.07. The molecule has 10 heteroatoms. The third kappa shape index (κ3) is 4.89. The lowest BCUT2D eigenvalue weighted by molar-refractivity contribution is -0.123. The van der Waals surface area contributed by atoms with E-state index in [0.29, 0.717) is 53.5 Å². The number of hydrogen-bond donors (Lipinski definition) is 0. The van der Waals surface area contributed by atoms with Crippen LogP contribution in [0.2, 0.25) is 10.0 Å². The van der Waals surface area contributed by atoms with Crippen molar-refractivity contribution in [1.82, 2.24) is 4.98 Å². The molecule has 1 aliphatic heterocycles. The first-order valence-corrected chi connectivity index (χ1v) is 16.5. The monoisotopic (exact) mass is 716 g/mol. The van der Waals surface area contributed by atoms with Gasteiger partial charge in [-0.2, -0.15) is 0 Å². The van der Waals surface area contributed by atoms with Crippen LogP contribution >= 0.6 is 39.1 Å². The summed E-state index contributed by atoms with van der Waals surface area (Å²) in [5.41, 5.74) is 4.54. The Hall–Kier alpha value is -3.85. The largest absolute Gasteiger partial charge is 0.451 e. The molecule has 3 aliphatic rings. The van der Waals surface area contributed by atoms with Gasteiger partial charge in [-0.05, 0) is 109 Å². The van der Waals surface area contributed by atoms with Crippen LogP contribution in [0.25, 0.3) is 22.2 Å². The van der Waals surface area contributed by atoms with Crippen molar-refractivity contribution in [1.29, 1.82) is 0 Å². The Labute approximate surface area is 283 Å². The number of esters is 1. The lowest BCUT2D eigenvalue weighted by Gasteiger charge is -2.19. The summed E-state index contributed by atoms with van der Waals surface area (Å²) < 4.78 is 6.27. The smallest absolute Gasteiger partial charge is 0.339 e. The normalized spacial score (nSPS) is 22.3. The molecule has 2 aliphatic carbocycles. The number of allylic oxidation sites excluding steroid dienone is 2. The Morgan fingerprint density at radius 1 is 0.978 bits per heavy atom. The number of pyridine rings is 1. The van der Waals surface area contributed by atoms with E-state index in [1.807, 2.05) is 13.8 Å². The third-order valence-electron chi connectivity index (χ3n) is 9.53. The highest BCUT2D eigenvalue weighted by Crippen LogP contribution is 2.56. The lowest BCUT2D eigenvalue weighted by Crippen LogP contribution is -2.32. The van der Waals surface area contributed by atoms with Crippen molar-refractivity contribution in [3.8, 4) is 11.3 Å². The number of carbonyl (C=O) groups is 4. The molecule has 1 saturated heterocycles. The molecule has 7 nitrogen and oxygen atoms in total. The van der Waals surface area contributed by atoms with Gasteiger partial charge in [-0.25, -0.2) is 9.78 Å². The number of ether oxygens (including phenoxy) is 1. The maximum atomic E-state index is 13.7. The average molecular weight is 718 g/mol. The SMILES string of the molecule is CC1=CC2CC1C1C(=O)N(c3ccc(-c4cc(C(=O)OC(C)C(=O)c5ccc(Cl)cc5)c5cc(Br)c(Cl)c(C)c5n4)cc3)C(=O)C21. The minimum absolute atomic E-state index is 0.120. The molecule has 3 aromatic carbocycles. The van der Waals surface area contributed by atoms with E-state index < -0.39 is 12.1 Å². The first kappa shape index (κ1) is 30.8. The fraction of sp³-hybridized carbons (Fsp3) is 0.250. The Morgan fingerprint density at radius 3 is 2.35 bits per heavy atom. The van der Waals surface area contributed by atoms with Crippen LogP contribution in [-0.2, 0) is 14.3 Å². The molecule has 2 amide bonds. The topological polar surface area (TPSA) is 93.6 Å². The summed E-state index contributed by atoms with van der Waals surface area (Å²) in [5, 5.41) is 1.45. The highest BCUT2D eigenvalue weighted by atomic mass is 79.9. The Bertz CT molecular complexity index is 2030. The second-order valence-corrected chi connectivity index (χ2v) is 13.9. The molecule has 0 spiro atoms.